The predicted molar refractivity (Wildman–Crippen MR) is 67.2 cm³/mol. The van der Waals surface area contributed by atoms with Gasteiger partial charge < -0.3 is 15.3 Å². The van der Waals surface area contributed by atoms with Crippen LogP contribution in [0.15, 0.2) is 0 Å². The van der Waals surface area contributed by atoms with E-state index < -0.39 is 27.9 Å². The zero-order chi connectivity index (χ0) is 14.3. The average Bonchev–Trinajstić information content (AvgIpc) is 2.24. The molecule has 0 aliphatic rings. The Hall–Kier alpha value is -1.31. The molecule has 0 rings (SSSR count). The molecule has 0 aliphatic carbocycles. The number of hydrogen-bond acceptors (Lipinski definition) is 4. The van der Waals surface area contributed by atoms with Gasteiger partial charge in [-0.25, -0.2) is 18.0 Å². The van der Waals surface area contributed by atoms with Gasteiger partial charge in [-0.05, 0) is 20.3 Å². The van der Waals surface area contributed by atoms with Crippen LogP contribution < -0.4 is 5.32 Å². The molecule has 0 radical (unpaired) electrons. The summed E-state index contributed by atoms with van der Waals surface area (Å²) < 4.78 is 21.9. The molecule has 0 aromatic carbocycles. The van der Waals surface area contributed by atoms with Gasteiger partial charge in [-0.15, -0.1) is 0 Å². The van der Waals surface area contributed by atoms with E-state index in [1.54, 1.807) is 13.8 Å². The molecule has 0 saturated carbocycles. The zero-order valence-corrected chi connectivity index (χ0v) is 11.7. The first-order valence-corrected chi connectivity index (χ1v) is 7.73. The molecule has 8 heteroatoms. The Balaban J connectivity index is 4.54. The highest BCUT2D eigenvalue weighted by Crippen LogP contribution is 1.99. The molecule has 1 unspecified atom stereocenters. The molecule has 0 aliphatic heterocycles. The minimum Gasteiger partial charge on any atom is -0.480 e. The SMILES string of the molecule is CCN(CC)C(=O)NC(CCS(C)(=O)=O)C(=O)O. The molecule has 2 amide bonds. The summed E-state index contributed by atoms with van der Waals surface area (Å²) in [4.78, 5) is 24.0. The van der Waals surface area contributed by atoms with Crippen LogP contribution in [-0.4, -0.2) is 61.6 Å². The lowest BCUT2D eigenvalue weighted by Gasteiger charge is -2.22. The Morgan fingerprint density at radius 2 is 1.78 bits per heavy atom. The Labute approximate surface area is 107 Å². The summed E-state index contributed by atoms with van der Waals surface area (Å²) in [6, 6.07) is -1.69. The van der Waals surface area contributed by atoms with Gasteiger partial charge in [0.2, 0.25) is 0 Å². The van der Waals surface area contributed by atoms with Crippen LogP contribution in [0.4, 0.5) is 4.79 Å². The van der Waals surface area contributed by atoms with Gasteiger partial charge in [0.1, 0.15) is 15.9 Å². The normalized spacial score (nSPS) is 12.8. The topological polar surface area (TPSA) is 104 Å². The van der Waals surface area contributed by atoms with Crippen molar-refractivity contribution in [1.29, 1.82) is 0 Å². The number of amides is 2. The van der Waals surface area contributed by atoms with E-state index in [0.29, 0.717) is 13.1 Å². The lowest BCUT2D eigenvalue weighted by atomic mass is 10.2. The van der Waals surface area contributed by atoms with Gasteiger partial charge in [-0.1, -0.05) is 0 Å². The van der Waals surface area contributed by atoms with Crippen LogP contribution >= 0.6 is 0 Å². The molecule has 106 valence electrons. The zero-order valence-electron chi connectivity index (χ0n) is 10.8. The highest BCUT2D eigenvalue weighted by molar-refractivity contribution is 7.90. The number of urea groups is 1. The fourth-order valence-corrected chi connectivity index (χ4v) is 2.00. The van der Waals surface area contributed by atoms with E-state index in [4.69, 9.17) is 5.11 Å². The van der Waals surface area contributed by atoms with Gasteiger partial charge in [-0.3, -0.25) is 0 Å². The number of carboxylic acid groups (broad SMARTS) is 1. The van der Waals surface area contributed by atoms with E-state index in [-0.39, 0.29) is 12.2 Å². The minimum absolute atomic E-state index is 0.138. The average molecular weight is 280 g/mol. The van der Waals surface area contributed by atoms with Crippen molar-refractivity contribution in [2.45, 2.75) is 26.3 Å². The van der Waals surface area contributed by atoms with Crippen LogP contribution in [0.25, 0.3) is 0 Å². The summed E-state index contributed by atoms with van der Waals surface area (Å²) in [5.41, 5.74) is 0. The molecule has 1 atom stereocenters. The van der Waals surface area contributed by atoms with Crippen LogP contribution in [0.1, 0.15) is 20.3 Å². The number of rotatable bonds is 7. The monoisotopic (exact) mass is 280 g/mol. The van der Waals surface area contributed by atoms with Crippen molar-refractivity contribution in [2.75, 3.05) is 25.1 Å². The summed E-state index contributed by atoms with van der Waals surface area (Å²) >= 11 is 0. The number of carboxylic acids is 1. The summed E-state index contributed by atoms with van der Waals surface area (Å²) in [6.45, 7) is 4.46. The van der Waals surface area contributed by atoms with Crippen molar-refractivity contribution in [2.24, 2.45) is 0 Å². The number of hydrogen-bond donors (Lipinski definition) is 2. The molecule has 0 aromatic heterocycles. The second-order valence-corrected chi connectivity index (χ2v) is 6.19. The molecule has 0 saturated heterocycles. The molecular weight excluding hydrogens is 260 g/mol. The smallest absolute Gasteiger partial charge is 0.326 e. The molecule has 0 heterocycles. The third-order valence-corrected chi connectivity index (χ3v) is 3.40. The number of aliphatic carboxylic acids is 1. The summed E-state index contributed by atoms with van der Waals surface area (Å²) in [5.74, 6) is -1.51. The van der Waals surface area contributed by atoms with Crippen molar-refractivity contribution in [3.63, 3.8) is 0 Å². The maximum absolute atomic E-state index is 11.6. The Kier molecular flexibility index (Phi) is 6.67. The highest BCUT2D eigenvalue weighted by Gasteiger charge is 2.23. The molecule has 0 aromatic rings. The van der Waals surface area contributed by atoms with Crippen LogP contribution in [0.3, 0.4) is 0 Å². The quantitative estimate of drug-likeness (QED) is 0.679. The van der Waals surface area contributed by atoms with Gasteiger partial charge in [0.15, 0.2) is 0 Å². The molecule has 0 bridgehead atoms. The lowest BCUT2D eigenvalue weighted by Crippen LogP contribution is -2.48. The van der Waals surface area contributed by atoms with Gasteiger partial charge in [0.05, 0.1) is 5.75 Å². The lowest BCUT2D eigenvalue weighted by molar-refractivity contribution is -0.139. The second-order valence-electron chi connectivity index (χ2n) is 3.93. The molecule has 2 N–H and O–H groups in total. The van der Waals surface area contributed by atoms with Crippen LogP contribution in [0.5, 0.6) is 0 Å². The van der Waals surface area contributed by atoms with E-state index in [1.165, 1.54) is 4.90 Å². The number of sulfone groups is 1. The van der Waals surface area contributed by atoms with Crippen molar-refractivity contribution in [3.8, 4) is 0 Å². The number of carbonyl (C=O) groups excluding carboxylic acids is 1. The maximum Gasteiger partial charge on any atom is 0.326 e. The minimum atomic E-state index is -3.25. The molecule has 0 spiro atoms. The van der Waals surface area contributed by atoms with Gasteiger partial charge >= 0.3 is 12.0 Å². The summed E-state index contributed by atoms with van der Waals surface area (Å²) in [6.07, 6.45) is 0.888. The fourth-order valence-electron chi connectivity index (χ4n) is 1.34. The van der Waals surface area contributed by atoms with Crippen molar-refractivity contribution < 1.29 is 23.1 Å². The molecule has 18 heavy (non-hydrogen) atoms. The van der Waals surface area contributed by atoms with Gasteiger partial charge in [-0.2, -0.15) is 0 Å². The van der Waals surface area contributed by atoms with Crippen molar-refractivity contribution in [1.82, 2.24) is 10.2 Å². The first-order valence-electron chi connectivity index (χ1n) is 5.67. The van der Waals surface area contributed by atoms with Gasteiger partial charge in [0, 0.05) is 19.3 Å². The van der Waals surface area contributed by atoms with Crippen LogP contribution in [0, 0.1) is 0 Å². The second kappa shape index (κ2) is 7.20. The van der Waals surface area contributed by atoms with E-state index >= 15 is 0 Å². The predicted octanol–water partition coefficient (Wildman–Crippen LogP) is -0.0743. The van der Waals surface area contributed by atoms with E-state index in [9.17, 15) is 18.0 Å². The standard InChI is InChI=1S/C10H20N2O5S/c1-4-12(5-2)10(15)11-8(9(13)14)6-7-18(3,16)17/h8H,4-7H2,1-3H3,(H,11,15)(H,13,14). The van der Waals surface area contributed by atoms with E-state index in [0.717, 1.165) is 6.26 Å². The summed E-state index contributed by atoms with van der Waals surface area (Å²) in [5, 5.41) is 11.2. The largest absolute Gasteiger partial charge is 0.480 e. The number of nitrogens with one attached hydrogen (secondary N) is 1. The van der Waals surface area contributed by atoms with Crippen LogP contribution in [-0.2, 0) is 14.6 Å². The first-order chi connectivity index (χ1) is 8.21. The Bertz CT molecular complexity index is 389. The Morgan fingerprint density at radius 3 is 2.11 bits per heavy atom. The Morgan fingerprint density at radius 1 is 1.28 bits per heavy atom. The maximum atomic E-state index is 11.6. The number of nitrogens with zero attached hydrogens (tertiary/aromatic N) is 1. The van der Waals surface area contributed by atoms with E-state index in [1.807, 2.05) is 0 Å². The first kappa shape index (κ1) is 16.7. The third kappa shape index (κ3) is 6.43. The van der Waals surface area contributed by atoms with Crippen LogP contribution in [0.2, 0.25) is 0 Å². The molecule has 0 fully saturated rings. The van der Waals surface area contributed by atoms with E-state index in [2.05, 4.69) is 5.32 Å². The fraction of sp³-hybridized carbons (Fsp3) is 0.800. The summed E-state index contributed by atoms with van der Waals surface area (Å²) in [7, 11) is -3.25. The van der Waals surface area contributed by atoms with Crippen molar-refractivity contribution >= 4 is 21.8 Å². The molecule has 7 nitrogen and oxygen atoms in total. The van der Waals surface area contributed by atoms with Crippen molar-refractivity contribution in [3.05, 3.63) is 0 Å². The third-order valence-electron chi connectivity index (χ3n) is 2.42. The van der Waals surface area contributed by atoms with Gasteiger partial charge in [0.25, 0.3) is 0 Å². The molecular formula is C10H20N2O5S. The number of carbonyl (C=O) groups is 2. The highest BCUT2D eigenvalue weighted by atomic mass is 32.2.